The van der Waals surface area contributed by atoms with Crippen molar-refractivity contribution >= 4 is 87.6 Å². The fraction of sp³-hybridized carbons (Fsp3) is 0. The number of hydrogen-bond donors (Lipinski definition) is 0. The number of aromatic nitrogens is 3. The van der Waals surface area contributed by atoms with Crippen molar-refractivity contribution in [1.29, 1.82) is 0 Å². The Labute approximate surface area is 302 Å². The van der Waals surface area contributed by atoms with Crippen molar-refractivity contribution in [2.75, 3.05) is 0 Å². The molecule has 12 rings (SSSR count). The highest BCUT2D eigenvalue weighted by Gasteiger charge is 2.25. The standard InChI is InChI=1S/C48H27N3S/c1-2-13-29(14-3-1)51-39-22-10-8-19-35(39)44-43-33-18-7-5-16-31(33)30-15-4-6-17-32(30)42(43)34-26-25-28(27-37(34)47(44)51)48-49-38-21-12-24-41-45(38)46(50-48)36-20-9-11-23-40(36)52-41/h1-27H. The summed E-state index contributed by atoms with van der Waals surface area (Å²) in [4.78, 5) is 13.1. The van der Waals surface area contributed by atoms with Crippen LogP contribution >= 0.6 is 11.8 Å². The molecule has 0 unspecified atom stereocenters. The number of fused-ring (bicyclic) bond motifs is 15. The SMILES string of the molecule is c1ccc(-n2c3ccccc3c3c4c5ccccc5c5ccccc5c4c4ccc(-c5nc6c7c(cccc7n5)Sc5ccccc5-6)cc4c32)cc1. The third-order valence-corrected chi connectivity index (χ3v) is 12.1. The molecule has 0 N–H and O–H groups in total. The lowest BCUT2D eigenvalue weighted by atomic mass is 9.88. The van der Waals surface area contributed by atoms with E-state index in [1.54, 1.807) is 11.8 Å². The van der Waals surface area contributed by atoms with Crippen LogP contribution < -0.4 is 0 Å². The molecule has 0 bridgehead atoms. The van der Waals surface area contributed by atoms with Crippen molar-refractivity contribution in [3.63, 3.8) is 0 Å². The summed E-state index contributed by atoms with van der Waals surface area (Å²) in [5, 5.41) is 13.7. The van der Waals surface area contributed by atoms with Gasteiger partial charge in [0.05, 0.1) is 22.2 Å². The molecule has 0 spiro atoms. The maximum Gasteiger partial charge on any atom is 0.160 e. The van der Waals surface area contributed by atoms with Crippen LogP contribution in [-0.4, -0.2) is 14.5 Å². The minimum atomic E-state index is 0.738. The summed E-state index contributed by atoms with van der Waals surface area (Å²) in [7, 11) is 0. The Bertz CT molecular complexity index is 3330. The maximum absolute atomic E-state index is 5.38. The molecule has 11 aromatic rings. The van der Waals surface area contributed by atoms with Gasteiger partial charge in [-0.1, -0.05) is 133 Å². The monoisotopic (exact) mass is 677 g/mol. The van der Waals surface area contributed by atoms with Crippen molar-refractivity contribution in [2.24, 2.45) is 0 Å². The molecule has 0 amide bonds. The number of rotatable bonds is 2. The smallest absolute Gasteiger partial charge is 0.160 e. The highest BCUT2D eigenvalue weighted by Crippen LogP contribution is 2.50. The summed E-state index contributed by atoms with van der Waals surface area (Å²) in [5.74, 6) is 0.738. The molecule has 9 aromatic carbocycles. The molecule has 3 nitrogen and oxygen atoms in total. The number of nitrogens with zero attached hydrogens (tertiary/aromatic N) is 3. The van der Waals surface area contributed by atoms with Gasteiger partial charge in [0.1, 0.15) is 0 Å². The van der Waals surface area contributed by atoms with Crippen LogP contribution in [0.2, 0.25) is 0 Å². The van der Waals surface area contributed by atoms with Crippen LogP contribution in [0, 0.1) is 0 Å². The Kier molecular flexibility index (Phi) is 5.71. The average Bonchev–Trinajstić information content (AvgIpc) is 3.56. The molecule has 1 aliphatic heterocycles. The summed E-state index contributed by atoms with van der Waals surface area (Å²) in [5.41, 5.74) is 7.66. The quantitative estimate of drug-likeness (QED) is 0.171. The van der Waals surface area contributed by atoms with Gasteiger partial charge in [-0.3, -0.25) is 0 Å². The topological polar surface area (TPSA) is 30.7 Å². The lowest BCUT2D eigenvalue weighted by molar-refractivity contribution is 1.19. The van der Waals surface area contributed by atoms with Crippen molar-refractivity contribution in [3.8, 4) is 28.3 Å². The van der Waals surface area contributed by atoms with E-state index < -0.39 is 0 Å². The number of hydrogen-bond acceptors (Lipinski definition) is 3. The van der Waals surface area contributed by atoms with E-state index in [0.717, 1.165) is 39.2 Å². The van der Waals surface area contributed by atoms with Crippen LogP contribution in [-0.2, 0) is 0 Å². The Balaban J connectivity index is 1.29. The molecule has 3 heterocycles. The van der Waals surface area contributed by atoms with E-state index >= 15 is 0 Å². The molecule has 240 valence electrons. The van der Waals surface area contributed by atoms with Gasteiger partial charge in [0.2, 0.25) is 0 Å². The van der Waals surface area contributed by atoms with E-state index in [1.165, 1.54) is 74.7 Å². The van der Waals surface area contributed by atoms with Gasteiger partial charge >= 0.3 is 0 Å². The van der Waals surface area contributed by atoms with Gasteiger partial charge in [-0.2, -0.15) is 0 Å². The largest absolute Gasteiger partial charge is 0.309 e. The Morgan fingerprint density at radius 3 is 1.90 bits per heavy atom. The lowest BCUT2D eigenvalue weighted by Gasteiger charge is -2.20. The molecule has 4 heteroatoms. The maximum atomic E-state index is 5.38. The van der Waals surface area contributed by atoms with Crippen molar-refractivity contribution in [2.45, 2.75) is 9.79 Å². The summed E-state index contributed by atoms with van der Waals surface area (Å²) < 4.78 is 2.46. The van der Waals surface area contributed by atoms with Crippen molar-refractivity contribution in [1.82, 2.24) is 14.5 Å². The molecule has 52 heavy (non-hydrogen) atoms. The van der Waals surface area contributed by atoms with Crippen molar-refractivity contribution in [3.05, 3.63) is 164 Å². The minimum Gasteiger partial charge on any atom is -0.309 e. The minimum absolute atomic E-state index is 0.738. The third-order valence-electron chi connectivity index (χ3n) is 10.9. The van der Waals surface area contributed by atoms with E-state index in [2.05, 4.69) is 168 Å². The van der Waals surface area contributed by atoms with E-state index in [-0.39, 0.29) is 0 Å². The Hall–Kier alpha value is -6.49. The third kappa shape index (κ3) is 3.77. The van der Waals surface area contributed by atoms with Crippen LogP contribution in [0.15, 0.2) is 174 Å². The van der Waals surface area contributed by atoms with Crippen LogP contribution in [0.3, 0.4) is 0 Å². The Morgan fingerprint density at radius 2 is 1.08 bits per heavy atom. The van der Waals surface area contributed by atoms with Crippen LogP contribution in [0.25, 0.3) is 104 Å². The second-order valence-electron chi connectivity index (χ2n) is 13.7. The molecule has 1 aliphatic rings. The van der Waals surface area contributed by atoms with Crippen LogP contribution in [0.5, 0.6) is 0 Å². The zero-order valence-electron chi connectivity index (χ0n) is 27.8. The first-order valence-corrected chi connectivity index (χ1v) is 18.5. The second-order valence-corrected chi connectivity index (χ2v) is 14.7. The zero-order chi connectivity index (χ0) is 33.9. The molecule has 0 saturated heterocycles. The molecular formula is C48H27N3S. The van der Waals surface area contributed by atoms with E-state index in [9.17, 15) is 0 Å². The van der Waals surface area contributed by atoms with Crippen molar-refractivity contribution < 1.29 is 0 Å². The normalized spacial score (nSPS) is 12.5. The summed E-state index contributed by atoms with van der Waals surface area (Å²) in [6, 6.07) is 59.4. The van der Waals surface area contributed by atoms with Gasteiger partial charge in [0, 0.05) is 53.5 Å². The molecule has 0 saturated carbocycles. The molecule has 2 aromatic heterocycles. The summed E-state index contributed by atoms with van der Waals surface area (Å²) in [6.07, 6.45) is 0. The predicted molar refractivity (Wildman–Crippen MR) is 219 cm³/mol. The van der Waals surface area contributed by atoms with Crippen LogP contribution in [0.1, 0.15) is 0 Å². The highest BCUT2D eigenvalue weighted by atomic mass is 32.2. The second kappa shape index (κ2) is 10.5. The average molecular weight is 678 g/mol. The molecule has 0 radical (unpaired) electrons. The predicted octanol–water partition coefficient (Wildman–Crippen LogP) is 13.1. The summed E-state index contributed by atoms with van der Waals surface area (Å²) in [6.45, 7) is 0. The van der Waals surface area contributed by atoms with Gasteiger partial charge in [0.15, 0.2) is 5.82 Å². The first kappa shape index (κ1) is 28.2. The molecule has 0 fully saturated rings. The highest BCUT2D eigenvalue weighted by molar-refractivity contribution is 7.99. The Morgan fingerprint density at radius 1 is 0.423 bits per heavy atom. The molecular weight excluding hydrogens is 651 g/mol. The van der Waals surface area contributed by atoms with Gasteiger partial charge in [-0.25, -0.2) is 9.97 Å². The molecule has 0 aliphatic carbocycles. The van der Waals surface area contributed by atoms with Crippen LogP contribution in [0.4, 0.5) is 0 Å². The number of benzene rings is 9. The fourth-order valence-electron chi connectivity index (χ4n) is 8.80. The van der Waals surface area contributed by atoms with E-state index in [4.69, 9.17) is 9.97 Å². The summed E-state index contributed by atoms with van der Waals surface area (Å²) >= 11 is 1.80. The van der Waals surface area contributed by atoms with Gasteiger partial charge in [-0.15, -0.1) is 0 Å². The van der Waals surface area contributed by atoms with E-state index in [1.807, 2.05) is 0 Å². The first-order chi connectivity index (χ1) is 25.8. The van der Waals surface area contributed by atoms with Gasteiger partial charge in [-0.05, 0) is 74.8 Å². The van der Waals surface area contributed by atoms with Gasteiger partial charge < -0.3 is 4.57 Å². The zero-order valence-corrected chi connectivity index (χ0v) is 28.7. The first-order valence-electron chi connectivity index (χ1n) is 17.7. The van der Waals surface area contributed by atoms with E-state index in [0.29, 0.717) is 0 Å². The molecule has 0 atom stereocenters. The number of para-hydroxylation sites is 2. The lowest BCUT2D eigenvalue weighted by Crippen LogP contribution is -2.00. The van der Waals surface area contributed by atoms with Gasteiger partial charge in [0.25, 0.3) is 0 Å². The fourth-order valence-corrected chi connectivity index (χ4v) is 9.91.